The number of benzene rings is 2. The number of anilines is 1. The number of carbonyl (C=O) groups excluding carboxylic acids is 1. The average Bonchev–Trinajstić information content (AvgIpc) is 2.61. The fourth-order valence-corrected chi connectivity index (χ4v) is 3.26. The molecule has 0 aliphatic rings. The van der Waals surface area contributed by atoms with Crippen LogP contribution in [-0.2, 0) is 17.8 Å². The molecule has 3 heteroatoms. The van der Waals surface area contributed by atoms with Crippen molar-refractivity contribution in [1.82, 2.24) is 0 Å². The molecule has 1 amide bonds. The molecule has 0 bridgehead atoms. The summed E-state index contributed by atoms with van der Waals surface area (Å²) in [5, 5.41) is 3.05. The van der Waals surface area contributed by atoms with Crippen LogP contribution in [0.2, 0.25) is 0 Å². The monoisotopic (exact) mass is 345 g/mol. The van der Waals surface area contributed by atoms with Crippen molar-refractivity contribution in [3.05, 3.63) is 94.8 Å². The number of nitrogens with zero attached hydrogens (tertiary/aromatic N) is 1. The van der Waals surface area contributed by atoms with Gasteiger partial charge >= 0.3 is 0 Å². The summed E-state index contributed by atoms with van der Waals surface area (Å²) in [6.07, 6.45) is 4.83. The number of amides is 1. The van der Waals surface area contributed by atoms with E-state index in [2.05, 4.69) is 60.8 Å². The van der Waals surface area contributed by atoms with Crippen molar-refractivity contribution in [3.8, 4) is 0 Å². The maximum Gasteiger partial charge on any atom is 0.290 e. The Labute approximate surface area is 155 Å². The van der Waals surface area contributed by atoms with Crippen LogP contribution in [0.5, 0.6) is 0 Å². The van der Waals surface area contributed by atoms with Gasteiger partial charge in [-0.1, -0.05) is 48.0 Å². The van der Waals surface area contributed by atoms with E-state index in [0.29, 0.717) is 6.54 Å². The molecular weight excluding hydrogens is 320 g/mol. The van der Waals surface area contributed by atoms with Crippen molar-refractivity contribution < 1.29 is 9.36 Å². The highest BCUT2D eigenvalue weighted by atomic mass is 16.1. The Morgan fingerprint density at radius 1 is 0.885 bits per heavy atom. The van der Waals surface area contributed by atoms with Crippen LogP contribution in [0.15, 0.2) is 67.0 Å². The van der Waals surface area contributed by atoms with Crippen LogP contribution in [0.4, 0.5) is 5.69 Å². The van der Waals surface area contributed by atoms with Gasteiger partial charge in [0.25, 0.3) is 5.91 Å². The van der Waals surface area contributed by atoms with Gasteiger partial charge in [-0.05, 0) is 49.4 Å². The van der Waals surface area contributed by atoms with E-state index in [4.69, 9.17) is 0 Å². The molecule has 0 unspecified atom stereocenters. The van der Waals surface area contributed by atoms with Crippen LogP contribution >= 0.6 is 0 Å². The molecule has 26 heavy (non-hydrogen) atoms. The van der Waals surface area contributed by atoms with E-state index in [1.165, 1.54) is 16.7 Å². The van der Waals surface area contributed by atoms with Crippen LogP contribution in [0.25, 0.3) is 0 Å². The Morgan fingerprint density at radius 2 is 1.46 bits per heavy atom. The maximum absolute atomic E-state index is 12.4. The zero-order valence-electron chi connectivity index (χ0n) is 15.6. The molecular formula is C23H25N2O+. The van der Waals surface area contributed by atoms with Crippen LogP contribution in [0, 0.1) is 20.8 Å². The van der Waals surface area contributed by atoms with E-state index < -0.39 is 0 Å². The number of aryl methyl sites for hydroxylation is 3. The Hall–Kier alpha value is -2.94. The minimum atomic E-state index is -0.0131. The van der Waals surface area contributed by atoms with E-state index in [1.807, 2.05) is 36.9 Å². The Bertz CT molecular complexity index is 876. The minimum Gasteiger partial charge on any atom is -0.320 e. The van der Waals surface area contributed by atoms with E-state index in [-0.39, 0.29) is 5.91 Å². The number of carbonyl (C=O) groups is 1. The molecule has 3 rings (SSSR count). The van der Waals surface area contributed by atoms with Gasteiger partial charge in [-0.2, -0.15) is 4.57 Å². The largest absolute Gasteiger partial charge is 0.320 e. The quantitative estimate of drug-likeness (QED) is 0.693. The first-order chi connectivity index (χ1) is 12.5. The normalized spacial score (nSPS) is 10.6. The van der Waals surface area contributed by atoms with Crippen LogP contribution in [0.1, 0.15) is 27.8 Å². The maximum atomic E-state index is 12.4. The van der Waals surface area contributed by atoms with Crippen molar-refractivity contribution in [1.29, 1.82) is 0 Å². The molecule has 0 atom stereocenters. The van der Waals surface area contributed by atoms with Crippen LogP contribution < -0.4 is 9.88 Å². The van der Waals surface area contributed by atoms with Crippen LogP contribution in [-0.4, -0.2) is 5.91 Å². The highest BCUT2D eigenvalue weighted by Gasteiger charge is 2.12. The minimum absolute atomic E-state index is 0.0131. The number of nitrogens with one attached hydrogen (secondary N) is 1. The molecule has 0 aliphatic heterocycles. The van der Waals surface area contributed by atoms with Crippen molar-refractivity contribution in [2.75, 3.05) is 5.32 Å². The number of rotatable bonds is 5. The molecule has 1 N–H and O–H groups in total. The lowest BCUT2D eigenvalue weighted by molar-refractivity contribution is -0.684. The summed E-state index contributed by atoms with van der Waals surface area (Å²) in [4.78, 5) is 12.4. The van der Waals surface area contributed by atoms with Crippen molar-refractivity contribution in [2.24, 2.45) is 0 Å². The van der Waals surface area contributed by atoms with Gasteiger partial charge in [0.15, 0.2) is 12.4 Å². The Morgan fingerprint density at radius 3 is 2.08 bits per heavy atom. The molecule has 0 fully saturated rings. The van der Waals surface area contributed by atoms with Crippen molar-refractivity contribution >= 4 is 11.6 Å². The molecule has 3 aromatic rings. The third-order valence-corrected chi connectivity index (χ3v) is 4.48. The van der Waals surface area contributed by atoms with E-state index >= 15 is 0 Å². The Balaban J connectivity index is 1.63. The van der Waals surface area contributed by atoms with E-state index in [9.17, 15) is 4.79 Å². The molecule has 0 saturated carbocycles. The molecule has 0 radical (unpaired) electrons. The van der Waals surface area contributed by atoms with Gasteiger partial charge < -0.3 is 5.32 Å². The second-order valence-electron chi connectivity index (χ2n) is 6.86. The summed E-state index contributed by atoms with van der Waals surface area (Å²) in [6.45, 7) is 6.43. The SMILES string of the molecule is Cc1cc(C)c(NC(=O)C[n+]2ccc(Cc3ccccc3)cc2)c(C)c1. The summed E-state index contributed by atoms with van der Waals surface area (Å²) in [7, 11) is 0. The van der Waals surface area contributed by atoms with Gasteiger partial charge in [0.2, 0.25) is 6.54 Å². The van der Waals surface area contributed by atoms with Gasteiger partial charge in [0, 0.05) is 17.8 Å². The van der Waals surface area contributed by atoms with Crippen molar-refractivity contribution in [3.63, 3.8) is 0 Å². The summed E-state index contributed by atoms with van der Waals surface area (Å²) in [5.41, 5.74) is 6.84. The number of pyridine rings is 1. The molecule has 1 heterocycles. The number of aromatic nitrogens is 1. The number of hydrogen-bond donors (Lipinski definition) is 1. The Kier molecular flexibility index (Phi) is 5.47. The van der Waals surface area contributed by atoms with Gasteiger partial charge in [-0.3, -0.25) is 4.79 Å². The first kappa shape index (κ1) is 17.9. The van der Waals surface area contributed by atoms with E-state index in [1.54, 1.807) is 0 Å². The molecule has 1 aromatic heterocycles. The lowest BCUT2D eigenvalue weighted by atomic mass is 10.1. The van der Waals surface area contributed by atoms with Gasteiger partial charge in [0.05, 0.1) is 0 Å². The fraction of sp³-hybridized carbons (Fsp3) is 0.217. The molecule has 2 aromatic carbocycles. The lowest BCUT2D eigenvalue weighted by Gasteiger charge is -2.11. The van der Waals surface area contributed by atoms with Gasteiger partial charge in [0.1, 0.15) is 0 Å². The van der Waals surface area contributed by atoms with Crippen LogP contribution in [0.3, 0.4) is 0 Å². The molecule has 3 nitrogen and oxygen atoms in total. The second-order valence-corrected chi connectivity index (χ2v) is 6.86. The smallest absolute Gasteiger partial charge is 0.290 e. The summed E-state index contributed by atoms with van der Waals surface area (Å²) >= 11 is 0. The fourth-order valence-electron chi connectivity index (χ4n) is 3.26. The van der Waals surface area contributed by atoms with Gasteiger partial charge in [-0.15, -0.1) is 0 Å². The first-order valence-corrected chi connectivity index (χ1v) is 8.91. The number of hydrogen-bond acceptors (Lipinski definition) is 1. The average molecular weight is 345 g/mol. The standard InChI is InChI=1S/C23H24N2O/c1-17-13-18(2)23(19(3)14-17)24-22(26)16-25-11-9-21(10-12-25)15-20-7-5-4-6-8-20/h4-14H,15-16H2,1-3H3/p+1. The molecule has 0 aliphatic carbocycles. The second kappa shape index (κ2) is 7.96. The topological polar surface area (TPSA) is 33.0 Å². The highest BCUT2D eigenvalue weighted by molar-refractivity contribution is 5.91. The van der Waals surface area contributed by atoms with Gasteiger partial charge in [-0.25, -0.2) is 0 Å². The third kappa shape index (κ3) is 4.57. The lowest BCUT2D eigenvalue weighted by Crippen LogP contribution is -2.39. The summed E-state index contributed by atoms with van der Waals surface area (Å²) in [5.74, 6) is -0.0131. The highest BCUT2D eigenvalue weighted by Crippen LogP contribution is 2.21. The van der Waals surface area contributed by atoms with Crippen molar-refractivity contribution in [2.45, 2.75) is 33.7 Å². The van der Waals surface area contributed by atoms with E-state index in [0.717, 1.165) is 23.2 Å². The first-order valence-electron chi connectivity index (χ1n) is 8.91. The summed E-state index contributed by atoms with van der Waals surface area (Å²) in [6, 6.07) is 18.7. The zero-order chi connectivity index (χ0) is 18.5. The summed E-state index contributed by atoms with van der Waals surface area (Å²) < 4.78 is 1.91. The molecule has 132 valence electrons. The third-order valence-electron chi connectivity index (χ3n) is 4.48. The molecule has 0 saturated heterocycles. The predicted octanol–water partition coefficient (Wildman–Crippen LogP) is 4.13. The predicted molar refractivity (Wildman–Crippen MR) is 105 cm³/mol. The molecule has 0 spiro atoms. The zero-order valence-corrected chi connectivity index (χ0v) is 15.6.